The molecule has 0 unspecified atom stereocenters. The molecule has 1 saturated heterocycles. The van der Waals surface area contributed by atoms with Gasteiger partial charge in [-0.2, -0.15) is 0 Å². The molecule has 0 radical (unpaired) electrons. The number of halogens is 1. The first-order valence-corrected chi connectivity index (χ1v) is 11.1. The van der Waals surface area contributed by atoms with Crippen molar-refractivity contribution in [1.29, 1.82) is 0 Å². The molecule has 1 amide bonds. The fourth-order valence-corrected chi connectivity index (χ4v) is 5.01. The smallest absolute Gasteiger partial charge is 0.227 e. The van der Waals surface area contributed by atoms with E-state index in [1.54, 1.807) is 23.7 Å². The summed E-state index contributed by atoms with van der Waals surface area (Å²) in [5.74, 6) is 0.0352. The highest BCUT2D eigenvalue weighted by Gasteiger charge is 2.28. The summed E-state index contributed by atoms with van der Waals surface area (Å²) >= 11 is 1.67. The number of aromatic nitrogens is 6. The summed E-state index contributed by atoms with van der Waals surface area (Å²) in [5, 5.41) is 14.8. The van der Waals surface area contributed by atoms with Gasteiger partial charge in [0.1, 0.15) is 29.1 Å². The molecule has 1 aliphatic rings. The highest BCUT2D eigenvalue weighted by molar-refractivity contribution is 7.18. The number of amides is 1. The number of fused-ring (bicyclic) bond motifs is 1. The average Bonchev–Trinajstić information content (AvgIpc) is 3.44. The van der Waals surface area contributed by atoms with Crippen LogP contribution in [0.2, 0.25) is 0 Å². The average molecular weight is 453 g/mol. The molecule has 0 atom stereocenters. The number of carbonyl (C=O) groups excluding carboxylic acids is 1. The number of nitrogens with one attached hydrogen (secondary N) is 1. The minimum atomic E-state index is -0.501. The van der Waals surface area contributed by atoms with Gasteiger partial charge < -0.3 is 10.2 Å². The third-order valence-corrected chi connectivity index (χ3v) is 7.05. The Morgan fingerprint density at radius 1 is 1.22 bits per heavy atom. The number of nitrogens with zero attached hydrogens (tertiary/aromatic N) is 7. The lowest BCUT2D eigenvalue weighted by Gasteiger charge is -2.32. The number of hydrogen-bond donors (Lipinski definition) is 1. The van der Waals surface area contributed by atoms with Gasteiger partial charge in [0.05, 0.1) is 16.8 Å². The van der Waals surface area contributed by atoms with E-state index in [2.05, 4.69) is 49.6 Å². The quantitative estimate of drug-likeness (QED) is 0.507. The fraction of sp³-hybridized carbons (Fsp3) is 0.333. The van der Waals surface area contributed by atoms with Gasteiger partial charge in [-0.25, -0.2) is 19.0 Å². The van der Waals surface area contributed by atoms with Crippen LogP contribution in [0.15, 0.2) is 30.9 Å². The Hall–Kier alpha value is -3.47. The van der Waals surface area contributed by atoms with Crippen molar-refractivity contribution < 1.29 is 9.18 Å². The lowest BCUT2D eigenvalue weighted by atomic mass is 9.95. The van der Waals surface area contributed by atoms with Crippen molar-refractivity contribution in [2.24, 2.45) is 5.92 Å². The molecule has 32 heavy (non-hydrogen) atoms. The van der Waals surface area contributed by atoms with Crippen LogP contribution in [0, 0.1) is 25.6 Å². The van der Waals surface area contributed by atoms with Crippen LogP contribution in [0.25, 0.3) is 15.9 Å². The van der Waals surface area contributed by atoms with Crippen LogP contribution in [-0.4, -0.2) is 49.2 Å². The number of piperidine rings is 1. The molecule has 0 aliphatic carbocycles. The van der Waals surface area contributed by atoms with Gasteiger partial charge in [-0.1, -0.05) is 0 Å². The zero-order chi connectivity index (χ0) is 22.2. The molecule has 1 aliphatic heterocycles. The summed E-state index contributed by atoms with van der Waals surface area (Å²) in [7, 11) is 0. The van der Waals surface area contributed by atoms with E-state index in [1.165, 1.54) is 33.6 Å². The summed E-state index contributed by atoms with van der Waals surface area (Å²) in [4.78, 5) is 26.3. The third-order valence-electron chi connectivity index (χ3n) is 5.93. The molecule has 4 heterocycles. The van der Waals surface area contributed by atoms with Crippen molar-refractivity contribution in [3.63, 3.8) is 0 Å². The summed E-state index contributed by atoms with van der Waals surface area (Å²) in [5.41, 5.74) is 1.89. The van der Waals surface area contributed by atoms with Crippen molar-refractivity contribution in [3.05, 3.63) is 47.1 Å². The molecule has 164 valence electrons. The van der Waals surface area contributed by atoms with Gasteiger partial charge in [0.15, 0.2) is 0 Å². The molecule has 0 spiro atoms. The maximum atomic E-state index is 14.3. The predicted octanol–water partition coefficient (Wildman–Crippen LogP) is 3.28. The van der Waals surface area contributed by atoms with Crippen LogP contribution < -0.4 is 10.2 Å². The maximum Gasteiger partial charge on any atom is 0.227 e. The van der Waals surface area contributed by atoms with E-state index in [0.717, 1.165) is 16.0 Å². The minimum Gasteiger partial charge on any atom is -0.356 e. The fourth-order valence-electron chi connectivity index (χ4n) is 4.02. The number of thiophene rings is 1. The molecule has 11 heteroatoms. The molecular formula is C21H21FN8OS. The van der Waals surface area contributed by atoms with Gasteiger partial charge in [0.2, 0.25) is 5.91 Å². The molecular weight excluding hydrogens is 431 g/mol. The highest BCUT2D eigenvalue weighted by atomic mass is 32.1. The van der Waals surface area contributed by atoms with Crippen LogP contribution in [0.1, 0.15) is 23.3 Å². The van der Waals surface area contributed by atoms with E-state index in [0.29, 0.717) is 31.6 Å². The van der Waals surface area contributed by atoms with Crippen molar-refractivity contribution >= 4 is 39.0 Å². The van der Waals surface area contributed by atoms with Gasteiger partial charge in [-0.15, -0.1) is 16.4 Å². The van der Waals surface area contributed by atoms with Gasteiger partial charge >= 0.3 is 0 Å². The lowest BCUT2D eigenvalue weighted by molar-refractivity contribution is -0.120. The predicted molar refractivity (Wildman–Crippen MR) is 120 cm³/mol. The van der Waals surface area contributed by atoms with Crippen molar-refractivity contribution in [3.8, 4) is 5.69 Å². The molecule has 3 aromatic heterocycles. The van der Waals surface area contributed by atoms with Gasteiger partial charge in [0.25, 0.3) is 0 Å². The van der Waals surface area contributed by atoms with Crippen LogP contribution in [0.4, 0.5) is 15.9 Å². The minimum absolute atomic E-state index is 0.118. The Balaban J connectivity index is 1.28. The Kier molecular flexibility index (Phi) is 5.25. The van der Waals surface area contributed by atoms with Crippen LogP contribution in [-0.2, 0) is 4.79 Å². The zero-order valence-electron chi connectivity index (χ0n) is 17.6. The topological polar surface area (TPSA) is 102 Å². The molecule has 0 saturated carbocycles. The van der Waals surface area contributed by atoms with Crippen molar-refractivity contribution in [1.82, 2.24) is 30.2 Å². The standard InChI is InChI=1S/C21H21FN8OS/c1-12-13(2)32-21-18(12)19(23-10-24-21)29-7-5-14(6-8-29)20(31)26-17-9-15(3-4-16(17)22)30-11-25-27-28-30/h3-4,9-11,14H,5-8H2,1-2H3,(H,26,31). The number of hydrogen-bond acceptors (Lipinski definition) is 8. The van der Waals surface area contributed by atoms with Gasteiger partial charge in [-0.05, 0) is 60.9 Å². The largest absolute Gasteiger partial charge is 0.356 e. The maximum absolute atomic E-state index is 14.3. The summed E-state index contributed by atoms with van der Waals surface area (Å²) in [6, 6.07) is 4.37. The Morgan fingerprint density at radius 2 is 2.03 bits per heavy atom. The molecule has 0 bridgehead atoms. The molecule has 9 nitrogen and oxygen atoms in total. The van der Waals surface area contributed by atoms with Crippen LogP contribution in [0.5, 0.6) is 0 Å². The van der Waals surface area contributed by atoms with E-state index in [-0.39, 0.29) is 17.5 Å². The Bertz CT molecular complexity index is 1280. The summed E-state index contributed by atoms with van der Waals surface area (Å²) in [6.07, 6.45) is 4.34. The lowest BCUT2D eigenvalue weighted by Crippen LogP contribution is -2.38. The number of benzene rings is 1. The normalized spacial score (nSPS) is 14.8. The van der Waals surface area contributed by atoms with Crippen LogP contribution in [0.3, 0.4) is 0 Å². The first-order chi connectivity index (χ1) is 15.5. The highest BCUT2D eigenvalue weighted by Crippen LogP contribution is 2.35. The number of rotatable bonds is 4. The van der Waals surface area contributed by atoms with E-state index in [4.69, 9.17) is 0 Å². The summed E-state index contributed by atoms with van der Waals surface area (Å²) in [6.45, 7) is 5.59. The number of tetrazole rings is 1. The van der Waals surface area contributed by atoms with Gasteiger partial charge in [0, 0.05) is 23.9 Å². The Labute approximate surface area is 187 Å². The molecule has 4 aromatic rings. The Morgan fingerprint density at radius 3 is 2.78 bits per heavy atom. The molecule has 5 rings (SSSR count). The second-order valence-electron chi connectivity index (χ2n) is 7.83. The number of carbonyl (C=O) groups is 1. The first kappa shape index (κ1) is 20.4. The monoisotopic (exact) mass is 452 g/mol. The molecule has 1 N–H and O–H groups in total. The number of aryl methyl sites for hydroxylation is 2. The zero-order valence-corrected chi connectivity index (χ0v) is 18.4. The SMILES string of the molecule is Cc1sc2ncnc(N3CCC(C(=O)Nc4cc(-n5cnnn5)ccc4F)CC3)c2c1C. The van der Waals surface area contributed by atoms with Crippen molar-refractivity contribution in [2.45, 2.75) is 26.7 Å². The van der Waals surface area contributed by atoms with E-state index < -0.39 is 5.82 Å². The van der Waals surface area contributed by atoms with E-state index in [9.17, 15) is 9.18 Å². The second kappa shape index (κ2) is 8.23. The van der Waals surface area contributed by atoms with E-state index in [1.807, 2.05) is 0 Å². The van der Waals surface area contributed by atoms with Gasteiger partial charge in [-0.3, -0.25) is 4.79 Å². The molecule has 1 fully saturated rings. The second-order valence-corrected chi connectivity index (χ2v) is 9.03. The first-order valence-electron chi connectivity index (χ1n) is 10.3. The number of anilines is 2. The van der Waals surface area contributed by atoms with E-state index >= 15 is 0 Å². The van der Waals surface area contributed by atoms with Crippen LogP contribution >= 0.6 is 11.3 Å². The summed E-state index contributed by atoms with van der Waals surface area (Å²) < 4.78 is 15.7. The molecule has 1 aromatic carbocycles. The van der Waals surface area contributed by atoms with Crippen molar-refractivity contribution in [2.75, 3.05) is 23.3 Å². The third kappa shape index (κ3) is 3.68.